The van der Waals surface area contributed by atoms with Crippen LogP contribution in [0.15, 0.2) is 58.6 Å². The summed E-state index contributed by atoms with van der Waals surface area (Å²) in [7, 11) is 1.71. The smallest absolute Gasteiger partial charge is 0.410 e. The van der Waals surface area contributed by atoms with Crippen LogP contribution in [0.1, 0.15) is 83.9 Å². The van der Waals surface area contributed by atoms with Crippen LogP contribution in [0.4, 0.5) is 10.5 Å². The highest BCUT2D eigenvalue weighted by Gasteiger charge is 2.42. The lowest BCUT2D eigenvalue weighted by atomic mass is 9.89. The first kappa shape index (κ1) is 35.5. The normalized spacial score (nSPS) is 22.6. The van der Waals surface area contributed by atoms with Crippen molar-refractivity contribution in [3.05, 3.63) is 65.4 Å². The first-order valence-corrected chi connectivity index (χ1v) is 19.4. The number of rotatable bonds is 7. The number of amides is 2. The van der Waals surface area contributed by atoms with Gasteiger partial charge in [0, 0.05) is 68.1 Å². The molecule has 0 aliphatic carbocycles. The van der Waals surface area contributed by atoms with Crippen LogP contribution in [0.5, 0.6) is 5.75 Å². The Labute approximate surface area is 313 Å². The van der Waals surface area contributed by atoms with Gasteiger partial charge in [0.25, 0.3) is 0 Å². The molecule has 3 aromatic carbocycles. The number of nitrogens with zero attached hydrogens (tertiary/aromatic N) is 4. The quantitative estimate of drug-likeness (QED) is 0.244. The van der Waals surface area contributed by atoms with Crippen LogP contribution < -0.4 is 4.74 Å². The number of methoxy groups -OCH3 is 1. The van der Waals surface area contributed by atoms with Gasteiger partial charge in [0.2, 0.25) is 5.91 Å². The second-order valence-corrected chi connectivity index (χ2v) is 17.0. The maximum Gasteiger partial charge on any atom is 0.410 e. The Morgan fingerprint density at radius 2 is 1.81 bits per heavy atom. The third kappa shape index (κ3) is 6.66. The number of aliphatic imine (C=N–C) groups is 2. The maximum atomic E-state index is 13.3. The Bertz CT molecular complexity index is 2070. The summed E-state index contributed by atoms with van der Waals surface area (Å²) in [5.41, 5.74) is 9.45. The fourth-order valence-electron chi connectivity index (χ4n) is 8.79. The van der Waals surface area contributed by atoms with Gasteiger partial charge in [-0.25, -0.2) is 4.79 Å². The molecule has 0 unspecified atom stereocenters. The molecule has 2 saturated heterocycles. The average molecular weight is 717 g/mol. The molecule has 0 radical (unpaired) electrons. The number of hydrogen-bond donors (Lipinski definition) is 0. The van der Waals surface area contributed by atoms with Crippen molar-refractivity contribution in [2.24, 2.45) is 27.7 Å². The van der Waals surface area contributed by atoms with Crippen LogP contribution in [0, 0.1) is 17.8 Å². The number of ether oxygens (including phenoxy) is 3. The summed E-state index contributed by atoms with van der Waals surface area (Å²) < 4.78 is 17.8. The van der Waals surface area contributed by atoms with Gasteiger partial charge < -0.3 is 19.1 Å². The Kier molecular flexibility index (Phi) is 9.20. The molecule has 0 aromatic heterocycles. The summed E-state index contributed by atoms with van der Waals surface area (Å²) >= 11 is 0. The van der Waals surface area contributed by atoms with Crippen molar-refractivity contribution in [2.45, 2.75) is 97.9 Å². The van der Waals surface area contributed by atoms with Crippen molar-refractivity contribution in [1.29, 1.82) is 0 Å². The number of benzene rings is 3. The zero-order chi connectivity index (χ0) is 37.2. The fourth-order valence-corrected chi connectivity index (χ4v) is 8.79. The van der Waals surface area contributed by atoms with Crippen molar-refractivity contribution in [2.75, 3.05) is 26.8 Å². The van der Waals surface area contributed by atoms with E-state index in [0.717, 1.165) is 82.6 Å². The molecule has 2 amide bonds. The molecule has 0 spiro atoms. The number of likely N-dealkylation sites (tertiary alicyclic amines) is 2. The molecule has 8 rings (SSSR count). The van der Waals surface area contributed by atoms with E-state index in [4.69, 9.17) is 24.2 Å². The first-order valence-electron chi connectivity index (χ1n) is 19.4. The lowest BCUT2D eigenvalue weighted by Crippen LogP contribution is -2.43. The molecule has 9 nitrogen and oxygen atoms in total. The monoisotopic (exact) mass is 716 g/mol. The number of allylic oxidation sites excluding steroid dienone is 1. The third-order valence-corrected chi connectivity index (χ3v) is 11.8. The van der Waals surface area contributed by atoms with E-state index in [9.17, 15) is 9.59 Å². The van der Waals surface area contributed by atoms with Crippen LogP contribution in [0.3, 0.4) is 0 Å². The molecule has 5 aliphatic heterocycles. The zero-order valence-electron chi connectivity index (χ0n) is 32.2. The van der Waals surface area contributed by atoms with Crippen LogP contribution in [0.2, 0.25) is 0 Å². The second-order valence-electron chi connectivity index (χ2n) is 17.0. The molecular weight excluding hydrogens is 665 g/mol. The zero-order valence-corrected chi connectivity index (χ0v) is 32.2. The molecule has 3 aromatic rings. The molecule has 53 heavy (non-hydrogen) atoms. The first-order chi connectivity index (χ1) is 25.4. The van der Waals surface area contributed by atoms with E-state index in [-0.39, 0.29) is 35.9 Å². The van der Waals surface area contributed by atoms with Gasteiger partial charge in [-0.05, 0) is 109 Å². The molecule has 9 heteroatoms. The molecule has 5 aliphatic rings. The highest BCUT2D eigenvalue weighted by atomic mass is 16.6. The van der Waals surface area contributed by atoms with E-state index in [1.807, 2.05) is 38.8 Å². The average Bonchev–Trinajstić information content (AvgIpc) is 3.94. The minimum atomic E-state index is -0.575. The van der Waals surface area contributed by atoms with E-state index < -0.39 is 5.60 Å². The molecule has 278 valence electrons. The Morgan fingerprint density at radius 3 is 2.58 bits per heavy atom. The van der Waals surface area contributed by atoms with Crippen LogP contribution >= 0.6 is 0 Å². The Morgan fingerprint density at radius 1 is 0.981 bits per heavy atom. The van der Waals surface area contributed by atoms with Crippen molar-refractivity contribution in [1.82, 2.24) is 9.80 Å². The number of hydrogen-bond acceptors (Lipinski definition) is 7. The maximum absolute atomic E-state index is 13.3. The van der Waals surface area contributed by atoms with E-state index in [1.54, 1.807) is 7.11 Å². The standard InChI is InChI=1S/C44H52N4O5/c1-25(2)26(3)42(49)47-14-8-9-39(47)37-18-30(21-45-37)28-10-12-32-31(16-28)24-52-41-20-33-29(17-35(32)41)11-13-36-34(33)19-38(46-36)40-15-27(23-51-7)22-48(40)43(50)53-44(4,5)6/h10-13,16-17,20-21,25-27,39-40H,8-9,14-15,18-19,22-24H2,1-7H3/t26-,27-,39-,40-/m0/s1. The summed E-state index contributed by atoms with van der Waals surface area (Å²) in [6.07, 6.45) is 5.96. The molecule has 0 bridgehead atoms. The number of carbonyl (C=O) groups is 2. The summed E-state index contributed by atoms with van der Waals surface area (Å²) in [6.45, 7) is 14.5. The SMILES string of the molecule is COC[C@H]1C[C@@H](C2=Nc3ccc4cc5c(cc4c3C2)OCc2cc(C3=CN=C([C@@H]4CCCN4C(=O)[C@@H](C)C(C)C)C3)ccc2-5)N(C(=O)OC(C)(C)C)C1. The van der Waals surface area contributed by atoms with E-state index in [2.05, 4.69) is 61.2 Å². The lowest BCUT2D eigenvalue weighted by Gasteiger charge is -2.29. The van der Waals surface area contributed by atoms with Gasteiger partial charge >= 0.3 is 6.09 Å². The molecule has 2 fully saturated rings. The van der Waals surface area contributed by atoms with Gasteiger partial charge in [0.05, 0.1) is 24.4 Å². The van der Waals surface area contributed by atoms with Crippen molar-refractivity contribution < 1.29 is 23.8 Å². The minimum absolute atomic E-state index is 0.0143. The highest BCUT2D eigenvalue weighted by molar-refractivity contribution is 6.06. The Balaban J connectivity index is 1.000. The van der Waals surface area contributed by atoms with E-state index in [1.165, 1.54) is 16.7 Å². The summed E-state index contributed by atoms with van der Waals surface area (Å²) in [6, 6.07) is 15.3. The molecular formula is C44H52N4O5. The van der Waals surface area contributed by atoms with Gasteiger partial charge in [0.15, 0.2) is 0 Å². The van der Waals surface area contributed by atoms with Crippen molar-refractivity contribution >= 4 is 45.5 Å². The minimum Gasteiger partial charge on any atom is -0.488 e. The van der Waals surface area contributed by atoms with E-state index >= 15 is 0 Å². The largest absolute Gasteiger partial charge is 0.488 e. The van der Waals surface area contributed by atoms with Gasteiger partial charge in [-0.3, -0.25) is 19.7 Å². The molecule has 0 N–H and O–H groups in total. The van der Waals surface area contributed by atoms with Gasteiger partial charge in [-0.1, -0.05) is 39.0 Å². The van der Waals surface area contributed by atoms with Crippen LogP contribution in [-0.2, 0) is 27.3 Å². The summed E-state index contributed by atoms with van der Waals surface area (Å²) in [5, 5.41) is 2.28. The van der Waals surface area contributed by atoms with Crippen LogP contribution in [0.25, 0.3) is 27.5 Å². The van der Waals surface area contributed by atoms with Gasteiger partial charge in [-0.2, -0.15) is 0 Å². The molecule has 5 heterocycles. The van der Waals surface area contributed by atoms with Gasteiger partial charge in [0.1, 0.15) is 18.0 Å². The van der Waals surface area contributed by atoms with Crippen molar-refractivity contribution in [3.8, 4) is 16.9 Å². The van der Waals surface area contributed by atoms with Crippen LogP contribution in [-0.4, -0.2) is 77.7 Å². The summed E-state index contributed by atoms with van der Waals surface area (Å²) in [5.74, 6) is 1.70. The van der Waals surface area contributed by atoms with Crippen molar-refractivity contribution in [3.63, 3.8) is 0 Å². The predicted octanol–water partition coefficient (Wildman–Crippen LogP) is 8.77. The fraction of sp³-hybridized carbons (Fsp3) is 0.500. The summed E-state index contributed by atoms with van der Waals surface area (Å²) in [4.78, 5) is 40.5. The predicted molar refractivity (Wildman–Crippen MR) is 210 cm³/mol. The Hall–Kier alpha value is -4.50. The van der Waals surface area contributed by atoms with Gasteiger partial charge in [-0.15, -0.1) is 0 Å². The second kappa shape index (κ2) is 13.7. The molecule has 4 atom stereocenters. The lowest BCUT2D eigenvalue weighted by molar-refractivity contribution is -0.136. The molecule has 0 saturated carbocycles. The number of fused-ring (bicyclic) bond motifs is 6. The third-order valence-electron chi connectivity index (χ3n) is 11.8. The highest BCUT2D eigenvalue weighted by Crippen LogP contribution is 2.45. The number of carbonyl (C=O) groups excluding carboxylic acids is 2. The topological polar surface area (TPSA) is 93.0 Å². The van der Waals surface area contributed by atoms with E-state index in [0.29, 0.717) is 32.1 Å².